The number of nitrogens with zero attached hydrogens (tertiary/aromatic N) is 1. The second kappa shape index (κ2) is 7.45. The Morgan fingerprint density at radius 3 is 2.42 bits per heavy atom. The molecule has 5 heteroatoms. The van der Waals surface area contributed by atoms with E-state index in [1.807, 2.05) is 24.3 Å². The van der Waals surface area contributed by atoms with E-state index in [-0.39, 0.29) is 11.7 Å². The molecule has 0 aliphatic carbocycles. The van der Waals surface area contributed by atoms with Crippen LogP contribution in [0, 0.1) is 11.7 Å². The van der Waals surface area contributed by atoms with Crippen LogP contribution in [0.4, 0.5) is 4.39 Å². The van der Waals surface area contributed by atoms with Gasteiger partial charge >= 0.3 is 5.97 Å². The Kier molecular flexibility index (Phi) is 5.11. The van der Waals surface area contributed by atoms with Crippen molar-refractivity contribution in [2.75, 3.05) is 13.1 Å². The van der Waals surface area contributed by atoms with Crippen molar-refractivity contribution in [3.63, 3.8) is 0 Å². The predicted octanol–water partition coefficient (Wildman–Crippen LogP) is 3.31. The van der Waals surface area contributed by atoms with E-state index in [9.17, 15) is 9.18 Å². The summed E-state index contributed by atoms with van der Waals surface area (Å²) in [6.45, 7) is 2.58. The second-order valence-corrected chi connectivity index (χ2v) is 6.12. The third-order valence-electron chi connectivity index (χ3n) is 4.27. The first-order chi connectivity index (χ1) is 11.6. The molecular weight excluding hydrogens is 309 g/mol. The number of hydrogen-bond acceptors (Lipinski definition) is 3. The molecule has 0 bridgehead atoms. The molecule has 0 aromatic heterocycles. The molecule has 1 atom stereocenters. The molecule has 3 rings (SSSR count). The van der Waals surface area contributed by atoms with E-state index in [0.717, 1.165) is 30.0 Å². The lowest BCUT2D eigenvalue weighted by Gasteiger charge is -2.15. The first-order valence-corrected chi connectivity index (χ1v) is 8.01. The quantitative estimate of drug-likeness (QED) is 0.883. The maximum Gasteiger partial charge on any atom is 0.307 e. The van der Waals surface area contributed by atoms with Crippen LogP contribution in [0.3, 0.4) is 0 Å². The van der Waals surface area contributed by atoms with E-state index in [0.29, 0.717) is 19.6 Å². The lowest BCUT2D eigenvalue weighted by Crippen LogP contribution is -2.22. The van der Waals surface area contributed by atoms with Crippen LogP contribution in [0.5, 0.6) is 5.75 Å². The Hall–Kier alpha value is -2.40. The minimum atomic E-state index is -0.706. The fourth-order valence-electron chi connectivity index (χ4n) is 2.87. The van der Waals surface area contributed by atoms with E-state index in [2.05, 4.69) is 4.90 Å². The lowest BCUT2D eigenvalue weighted by atomic mass is 10.1. The molecule has 1 heterocycles. The van der Waals surface area contributed by atoms with Crippen molar-refractivity contribution in [3.05, 3.63) is 65.5 Å². The highest BCUT2D eigenvalue weighted by molar-refractivity contribution is 5.70. The van der Waals surface area contributed by atoms with Crippen LogP contribution < -0.4 is 4.74 Å². The van der Waals surface area contributed by atoms with Crippen molar-refractivity contribution in [1.82, 2.24) is 4.90 Å². The van der Waals surface area contributed by atoms with E-state index in [4.69, 9.17) is 9.84 Å². The number of carboxylic acid groups (broad SMARTS) is 1. The molecule has 1 N–H and O–H groups in total. The molecule has 2 aromatic rings. The predicted molar refractivity (Wildman–Crippen MR) is 88.2 cm³/mol. The van der Waals surface area contributed by atoms with Gasteiger partial charge in [0.25, 0.3) is 0 Å². The van der Waals surface area contributed by atoms with Crippen LogP contribution in [0.2, 0.25) is 0 Å². The van der Waals surface area contributed by atoms with Gasteiger partial charge in [0, 0.05) is 13.1 Å². The molecule has 0 amide bonds. The van der Waals surface area contributed by atoms with Crippen molar-refractivity contribution in [3.8, 4) is 5.75 Å². The van der Waals surface area contributed by atoms with Crippen molar-refractivity contribution in [2.45, 2.75) is 19.6 Å². The zero-order valence-corrected chi connectivity index (χ0v) is 13.3. The van der Waals surface area contributed by atoms with Crippen molar-refractivity contribution < 1.29 is 19.0 Å². The highest BCUT2D eigenvalue weighted by Gasteiger charge is 2.27. The van der Waals surface area contributed by atoms with Gasteiger partial charge in [0.15, 0.2) is 0 Å². The standard InChI is InChI=1S/C19H20FNO3/c20-17-5-1-15(2-6-17)13-24-18-7-3-14(4-8-18)11-21-10-9-16(12-21)19(22)23/h1-8,16H,9-13H2,(H,22,23). The molecule has 126 valence electrons. The van der Waals surface area contributed by atoms with Crippen LogP contribution in [-0.2, 0) is 17.9 Å². The average Bonchev–Trinajstić information content (AvgIpc) is 3.04. The van der Waals surface area contributed by atoms with E-state index in [1.54, 1.807) is 12.1 Å². The van der Waals surface area contributed by atoms with Gasteiger partial charge in [0.1, 0.15) is 18.2 Å². The van der Waals surface area contributed by atoms with Crippen LogP contribution in [-0.4, -0.2) is 29.1 Å². The van der Waals surface area contributed by atoms with Gasteiger partial charge in [-0.25, -0.2) is 4.39 Å². The fraction of sp³-hybridized carbons (Fsp3) is 0.316. The summed E-state index contributed by atoms with van der Waals surface area (Å²) in [5.74, 6) is -0.451. The zero-order chi connectivity index (χ0) is 16.9. The molecule has 1 fully saturated rings. The Balaban J connectivity index is 1.50. The number of carbonyl (C=O) groups is 1. The zero-order valence-electron chi connectivity index (χ0n) is 13.3. The average molecular weight is 329 g/mol. The molecule has 1 aliphatic rings. The number of likely N-dealkylation sites (tertiary alicyclic amines) is 1. The molecule has 0 radical (unpaired) electrons. The van der Waals surface area contributed by atoms with E-state index < -0.39 is 5.97 Å². The Labute approximate surface area is 140 Å². The van der Waals surface area contributed by atoms with Crippen molar-refractivity contribution >= 4 is 5.97 Å². The number of hydrogen-bond donors (Lipinski definition) is 1. The first-order valence-electron chi connectivity index (χ1n) is 8.01. The van der Waals surface area contributed by atoms with Gasteiger partial charge in [-0.3, -0.25) is 9.69 Å². The molecule has 1 unspecified atom stereocenters. The molecule has 0 saturated carbocycles. The second-order valence-electron chi connectivity index (χ2n) is 6.12. The largest absolute Gasteiger partial charge is 0.489 e. The summed E-state index contributed by atoms with van der Waals surface area (Å²) in [6, 6.07) is 14.0. The minimum absolute atomic E-state index is 0.247. The SMILES string of the molecule is O=C(O)C1CCN(Cc2ccc(OCc3ccc(F)cc3)cc2)C1. The Bertz CT molecular complexity index is 685. The van der Waals surface area contributed by atoms with Crippen LogP contribution in [0.25, 0.3) is 0 Å². The molecular formula is C19H20FNO3. The summed E-state index contributed by atoms with van der Waals surface area (Å²) in [6.07, 6.45) is 0.716. The highest BCUT2D eigenvalue weighted by Crippen LogP contribution is 2.20. The third-order valence-corrected chi connectivity index (χ3v) is 4.27. The number of carboxylic acids is 1. The number of benzene rings is 2. The Morgan fingerprint density at radius 1 is 1.12 bits per heavy atom. The maximum absolute atomic E-state index is 12.9. The normalized spacial score (nSPS) is 17.8. The van der Waals surface area contributed by atoms with Gasteiger partial charge in [-0.1, -0.05) is 24.3 Å². The summed E-state index contributed by atoms with van der Waals surface area (Å²) >= 11 is 0. The van der Waals surface area contributed by atoms with Crippen molar-refractivity contribution in [2.24, 2.45) is 5.92 Å². The molecule has 1 saturated heterocycles. The summed E-state index contributed by atoms with van der Waals surface area (Å²) in [5.41, 5.74) is 2.05. The van der Waals surface area contributed by atoms with Crippen LogP contribution in [0.1, 0.15) is 17.5 Å². The van der Waals surface area contributed by atoms with E-state index >= 15 is 0 Å². The fourth-order valence-corrected chi connectivity index (χ4v) is 2.87. The smallest absolute Gasteiger partial charge is 0.307 e. The third kappa shape index (κ3) is 4.32. The van der Waals surface area contributed by atoms with E-state index in [1.165, 1.54) is 12.1 Å². The van der Waals surface area contributed by atoms with Crippen molar-refractivity contribution in [1.29, 1.82) is 0 Å². The van der Waals surface area contributed by atoms with Gasteiger partial charge in [-0.2, -0.15) is 0 Å². The van der Waals surface area contributed by atoms with Gasteiger partial charge in [0.2, 0.25) is 0 Å². The maximum atomic E-state index is 12.9. The van der Waals surface area contributed by atoms with Gasteiger partial charge < -0.3 is 9.84 Å². The number of aliphatic carboxylic acids is 1. The molecule has 4 nitrogen and oxygen atoms in total. The number of ether oxygens (including phenoxy) is 1. The monoisotopic (exact) mass is 329 g/mol. The number of rotatable bonds is 6. The minimum Gasteiger partial charge on any atom is -0.489 e. The van der Waals surface area contributed by atoms with Gasteiger partial charge in [0.05, 0.1) is 5.92 Å². The topological polar surface area (TPSA) is 49.8 Å². The van der Waals surface area contributed by atoms with Gasteiger partial charge in [-0.15, -0.1) is 0 Å². The Morgan fingerprint density at radius 2 is 1.79 bits per heavy atom. The van der Waals surface area contributed by atoms with Crippen LogP contribution in [0.15, 0.2) is 48.5 Å². The lowest BCUT2D eigenvalue weighted by molar-refractivity contribution is -0.141. The summed E-state index contributed by atoms with van der Waals surface area (Å²) in [7, 11) is 0. The van der Waals surface area contributed by atoms with Crippen LogP contribution >= 0.6 is 0 Å². The van der Waals surface area contributed by atoms with Gasteiger partial charge in [-0.05, 0) is 48.4 Å². The molecule has 24 heavy (non-hydrogen) atoms. The first kappa shape index (κ1) is 16.5. The highest BCUT2D eigenvalue weighted by atomic mass is 19.1. The summed E-state index contributed by atoms with van der Waals surface area (Å²) in [5, 5.41) is 9.04. The summed E-state index contributed by atoms with van der Waals surface area (Å²) < 4.78 is 18.5. The molecule has 2 aromatic carbocycles. The number of halogens is 1. The molecule has 1 aliphatic heterocycles. The summed E-state index contributed by atoms with van der Waals surface area (Å²) in [4.78, 5) is 13.1. The molecule has 0 spiro atoms.